The largest absolute Gasteiger partial charge is 0.507 e. The molecule has 4 heteroatoms. The summed E-state index contributed by atoms with van der Waals surface area (Å²) in [4.78, 5) is 12.9. The second kappa shape index (κ2) is 7.94. The third-order valence-corrected chi connectivity index (χ3v) is 6.49. The van der Waals surface area contributed by atoms with Gasteiger partial charge in [0.15, 0.2) is 0 Å². The minimum Gasteiger partial charge on any atom is -0.507 e. The molecule has 1 fully saturated rings. The molecular weight excluding hydrogens is 362 g/mol. The molecule has 4 rings (SSSR count). The summed E-state index contributed by atoms with van der Waals surface area (Å²) in [6, 6.07) is 9.23. The Labute approximate surface area is 171 Å². The quantitative estimate of drug-likeness (QED) is 0.627. The fourth-order valence-corrected chi connectivity index (χ4v) is 4.51. The first kappa shape index (κ1) is 19.6. The molecule has 0 aliphatic heterocycles. The van der Waals surface area contributed by atoms with Crippen LogP contribution in [0.25, 0.3) is 0 Å². The smallest absolute Gasteiger partial charge is 0.343 e. The van der Waals surface area contributed by atoms with E-state index in [1.54, 1.807) is 6.07 Å². The lowest BCUT2D eigenvalue weighted by molar-refractivity contribution is 0.318. The van der Waals surface area contributed by atoms with Gasteiger partial charge in [0.05, 0.1) is 5.56 Å². The summed E-state index contributed by atoms with van der Waals surface area (Å²) in [5, 5.41) is 10.8. The Morgan fingerprint density at radius 3 is 2.72 bits per heavy atom. The number of aryl methyl sites for hydroxylation is 1. The average molecular weight is 392 g/mol. The summed E-state index contributed by atoms with van der Waals surface area (Å²) in [7, 11) is 0. The highest BCUT2D eigenvalue weighted by atomic mass is 16.4. The van der Waals surface area contributed by atoms with Crippen molar-refractivity contribution in [2.45, 2.75) is 51.4 Å². The van der Waals surface area contributed by atoms with Crippen LogP contribution in [0.2, 0.25) is 0 Å². The molecule has 0 amide bonds. The van der Waals surface area contributed by atoms with Gasteiger partial charge in [-0.15, -0.1) is 0 Å². The van der Waals surface area contributed by atoms with Gasteiger partial charge < -0.3 is 15.3 Å². The number of hydrogen-bond donors (Lipinski definition) is 2. The predicted molar refractivity (Wildman–Crippen MR) is 116 cm³/mol. The number of allylic oxidation sites excluding steroid dienone is 4. The molecule has 0 spiro atoms. The Kier molecular flexibility index (Phi) is 5.35. The van der Waals surface area contributed by atoms with E-state index < -0.39 is 5.63 Å². The van der Waals surface area contributed by atoms with Crippen molar-refractivity contribution in [3.63, 3.8) is 0 Å². The minimum absolute atomic E-state index is 0.0419. The number of rotatable bonds is 7. The highest BCUT2D eigenvalue weighted by Gasteiger charge is 2.37. The van der Waals surface area contributed by atoms with Gasteiger partial charge in [0.25, 0.3) is 0 Å². The van der Waals surface area contributed by atoms with E-state index in [0.29, 0.717) is 29.3 Å². The third kappa shape index (κ3) is 4.16. The fourth-order valence-electron chi connectivity index (χ4n) is 4.51. The van der Waals surface area contributed by atoms with Crippen molar-refractivity contribution in [1.82, 2.24) is 0 Å². The Morgan fingerprint density at radius 1 is 1.28 bits per heavy atom. The molecule has 3 N–H and O–H groups in total. The lowest BCUT2D eigenvalue weighted by atomic mass is 9.75. The molecule has 4 nitrogen and oxygen atoms in total. The van der Waals surface area contributed by atoms with E-state index in [9.17, 15) is 9.90 Å². The molecule has 152 valence electrons. The second-order valence-corrected chi connectivity index (χ2v) is 8.49. The standard InChI is InChI=1S/C25H29NO3/c1-2-25(12-4-3-5-13-25)14-11-20-16-21(27)23(24(28)29-20)22(17-9-10-17)18-7-6-8-19(26)15-18/h3-8,12,15-17,22,27H,2,9-11,13-14,26H2,1H3. The molecular formula is C25H29NO3. The molecule has 0 radical (unpaired) electrons. The van der Waals surface area contributed by atoms with Crippen molar-refractivity contribution in [3.05, 3.63) is 81.9 Å². The molecule has 1 heterocycles. The van der Waals surface area contributed by atoms with Gasteiger partial charge in [0, 0.05) is 24.1 Å². The van der Waals surface area contributed by atoms with Crippen molar-refractivity contribution in [2.24, 2.45) is 11.3 Å². The summed E-state index contributed by atoms with van der Waals surface area (Å²) in [6.07, 6.45) is 14.2. The molecule has 0 saturated heterocycles. The van der Waals surface area contributed by atoms with Crippen LogP contribution in [-0.4, -0.2) is 5.11 Å². The third-order valence-electron chi connectivity index (χ3n) is 6.49. The van der Waals surface area contributed by atoms with E-state index in [1.165, 1.54) is 0 Å². The molecule has 2 aromatic rings. The van der Waals surface area contributed by atoms with Gasteiger partial charge in [-0.2, -0.15) is 0 Å². The SMILES string of the molecule is CCC1(CCc2cc(O)c(C(c3cccc(N)c3)C3CC3)c(=O)o2)C=CC=CC1. The van der Waals surface area contributed by atoms with E-state index in [2.05, 4.69) is 31.2 Å². The summed E-state index contributed by atoms with van der Waals surface area (Å²) in [5.74, 6) is 0.769. The second-order valence-electron chi connectivity index (χ2n) is 8.49. The van der Waals surface area contributed by atoms with Crippen LogP contribution in [0.5, 0.6) is 5.75 Å². The van der Waals surface area contributed by atoms with Crippen molar-refractivity contribution >= 4 is 5.69 Å². The summed E-state index contributed by atoms with van der Waals surface area (Å²) in [6.45, 7) is 2.19. The number of hydrogen-bond acceptors (Lipinski definition) is 4. The Bertz CT molecular complexity index is 999. The van der Waals surface area contributed by atoms with E-state index in [4.69, 9.17) is 10.2 Å². The van der Waals surface area contributed by atoms with Gasteiger partial charge >= 0.3 is 5.63 Å². The number of aromatic hydroxyl groups is 1. The average Bonchev–Trinajstić information content (AvgIpc) is 3.55. The van der Waals surface area contributed by atoms with Gasteiger partial charge in [-0.3, -0.25) is 0 Å². The maximum Gasteiger partial charge on any atom is 0.343 e. The Morgan fingerprint density at radius 2 is 2.10 bits per heavy atom. The Balaban J connectivity index is 1.61. The van der Waals surface area contributed by atoms with Crippen molar-refractivity contribution in [2.75, 3.05) is 5.73 Å². The number of anilines is 1. The first-order valence-corrected chi connectivity index (χ1v) is 10.6. The lowest BCUT2D eigenvalue weighted by Gasteiger charge is -2.30. The van der Waals surface area contributed by atoms with E-state index in [1.807, 2.05) is 24.3 Å². The van der Waals surface area contributed by atoms with Crippen molar-refractivity contribution < 1.29 is 9.52 Å². The number of nitrogens with two attached hydrogens (primary N) is 1. The predicted octanol–water partition coefficient (Wildman–Crippen LogP) is 5.31. The highest BCUT2D eigenvalue weighted by molar-refractivity contribution is 5.47. The highest BCUT2D eigenvalue weighted by Crippen LogP contribution is 2.48. The van der Waals surface area contributed by atoms with Gasteiger partial charge in [-0.1, -0.05) is 43.4 Å². The van der Waals surface area contributed by atoms with Crippen LogP contribution < -0.4 is 11.4 Å². The zero-order chi connectivity index (χ0) is 20.4. The van der Waals surface area contributed by atoms with Crippen LogP contribution in [0.3, 0.4) is 0 Å². The molecule has 2 aliphatic rings. The fraction of sp³-hybridized carbons (Fsp3) is 0.400. The summed E-state index contributed by atoms with van der Waals surface area (Å²) >= 11 is 0. The number of benzene rings is 1. The van der Waals surface area contributed by atoms with Crippen molar-refractivity contribution in [3.8, 4) is 5.75 Å². The lowest BCUT2D eigenvalue weighted by Crippen LogP contribution is -2.20. The van der Waals surface area contributed by atoms with Gasteiger partial charge in [0.1, 0.15) is 11.5 Å². The maximum atomic E-state index is 12.9. The van der Waals surface area contributed by atoms with Gasteiger partial charge in [0.2, 0.25) is 0 Å². The molecule has 29 heavy (non-hydrogen) atoms. The zero-order valence-electron chi connectivity index (χ0n) is 16.9. The summed E-state index contributed by atoms with van der Waals surface area (Å²) < 4.78 is 5.69. The normalized spacial score (nSPS) is 22.0. The van der Waals surface area contributed by atoms with E-state index in [-0.39, 0.29) is 17.1 Å². The summed E-state index contributed by atoms with van der Waals surface area (Å²) in [5.41, 5.74) is 7.62. The molecule has 1 aromatic heterocycles. The van der Waals surface area contributed by atoms with Gasteiger partial charge in [-0.25, -0.2) is 4.79 Å². The number of nitrogen functional groups attached to an aromatic ring is 1. The maximum absolute atomic E-state index is 12.9. The molecule has 2 unspecified atom stereocenters. The van der Waals surface area contributed by atoms with E-state index in [0.717, 1.165) is 37.7 Å². The minimum atomic E-state index is -0.427. The van der Waals surface area contributed by atoms with Crippen LogP contribution in [-0.2, 0) is 6.42 Å². The van der Waals surface area contributed by atoms with Gasteiger partial charge in [-0.05, 0) is 61.1 Å². The first-order chi connectivity index (χ1) is 14.0. The first-order valence-electron chi connectivity index (χ1n) is 10.6. The zero-order valence-corrected chi connectivity index (χ0v) is 16.9. The van der Waals surface area contributed by atoms with Crippen LogP contribution in [0.4, 0.5) is 5.69 Å². The van der Waals surface area contributed by atoms with Crippen LogP contribution in [0.1, 0.15) is 61.8 Å². The van der Waals surface area contributed by atoms with Crippen molar-refractivity contribution in [1.29, 1.82) is 0 Å². The topological polar surface area (TPSA) is 76.5 Å². The van der Waals surface area contributed by atoms with Crippen LogP contribution >= 0.6 is 0 Å². The van der Waals surface area contributed by atoms with E-state index >= 15 is 0 Å². The molecule has 0 bridgehead atoms. The molecule has 1 aromatic carbocycles. The van der Waals surface area contributed by atoms with Crippen LogP contribution in [0, 0.1) is 11.3 Å². The molecule has 1 saturated carbocycles. The monoisotopic (exact) mass is 391 g/mol. The Hall–Kier alpha value is -2.75. The van der Waals surface area contributed by atoms with Crippen LogP contribution in [0.15, 0.2) is 63.8 Å². The molecule has 2 atom stereocenters. The molecule has 2 aliphatic carbocycles.